The van der Waals surface area contributed by atoms with Crippen molar-refractivity contribution in [1.82, 2.24) is 10.5 Å². The molecule has 1 amide bonds. The number of carbonyl (C=O) groups excluding carboxylic acids is 1. The van der Waals surface area contributed by atoms with E-state index in [4.69, 9.17) is 14.0 Å². The number of halogens is 2. The van der Waals surface area contributed by atoms with Gasteiger partial charge in [-0.25, -0.2) is 8.78 Å². The summed E-state index contributed by atoms with van der Waals surface area (Å²) < 4.78 is 42.2. The molecule has 1 aromatic heterocycles. The third-order valence-electron chi connectivity index (χ3n) is 3.65. The number of aromatic nitrogens is 1. The third kappa shape index (κ3) is 4.81. The quantitative estimate of drug-likeness (QED) is 0.687. The van der Waals surface area contributed by atoms with Gasteiger partial charge >= 0.3 is 0 Å². The first-order valence-corrected chi connectivity index (χ1v) is 7.99. The Labute approximate surface area is 153 Å². The zero-order valence-electron chi connectivity index (χ0n) is 14.4. The van der Waals surface area contributed by atoms with Gasteiger partial charge in [0.1, 0.15) is 28.8 Å². The fourth-order valence-corrected chi connectivity index (χ4v) is 2.27. The van der Waals surface area contributed by atoms with Crippen LogP contribution in [0.25, 0.3) is 11.3 Å². The number of nitrogens with one attached hydrogen (secondary N) is 1. The number of methoxy groups -OCH3 is 1. The Morgan fingerprint density at radius 1 is 1.11 bits per heavy atom. The molecule has 0 spiro atoms. The average Bonchev–Trinajstić information content (AvgIpc) is 3.14. The van der Waals surface area contributed by atoms with Crippen molar-refractivity contribution in [1.29, 1.82) is 0 Å². The summed E-state index contributed by atoms with van der Waals surface area (Å²) in [5.74, 6) is -0.433. The summed E-state index contributed by atoms with van der Waals surface area (Å²) in [5, 5.41) is 6.38. The summed E-state index contributed by atoms with van der Waals surface area (Å²) in [7, 11) is 1.56. The smallest absolute Gasteiger partial charge is 0.258 e. The molecule has 0 unspecified atom stereocenters. The maximum atomic E-state index is 13.7. The van der Waals surface area contributed by atoms with Gasteiger partial charge in [-0.3, -0.25) is 4.79 Å². The monoisotopic (exact) mass is 374 g/mol. The van der Waals surface area contributed by atoms with E-state index in [1.165, 1.54) is 12.1 Å². The van der Waals surface area contributed by atoms with Crippen molar-refractivity contribution in [3.63, 3.8) is 0 Å². The summed E-state index contributed by atoms with van der Waals surface area (Å²) in [5.41, 5.74) is 0.482. The van der Waals surface area contributed by atoms with Crippen LogP contribution in [0.15, 0.2) is 53.1 Å². The maximum absolute atomic E-state index is 13.7. The minimum absolute atomic E-state index is 0.0805. The van der Waals surface area contributed by atoms with Gasteiger partial charge in [0.05, 0.1) is 19.2 Å². The number of hydrogen-bond acceptors (Lipinski definition) is 5. The van der Waals surface area contributed by atoms with Gasteiger partial charge < -0.3 is 19.3 Å². The van der Waals surface area contributed by atoms with Crippen molar-refractivity contribution in [3.05, 3.63) is 65.9 Å². The van der Waals surface area contributed by atoms with Gasteiger partial charge in [0, 0.05) is 12.1 Å². The van der Waals surface area contributed by atoms with Crippen LogP contribution in [0.5, 0.6) is 11.5 Å². The minimum Gasteiger partial charge on any atom is -0.497 e. The highest BCUT2D eigenvalue weighted by Gasteiger charge is 2.13. The SMILES string of the molecule is COc1ccc(OCC(=O)NCc2cc(-c3ccc(F)cc3F)on2)cc1. The number of hydrogen-bond donors (Lipinski definition) is 1. The fourth-order valence-electron chi connectivity index (χ4n) is 2.27. The highest BCUT2D eigenvalue weighted by atomic mass is 19.1. The molecular weight excluding hydrogens is 358 g/mol. The van der Waals surface area contributed by atoms with Crippen molar-refractivity contribution in [2.75, 3.05) is 13.7 Å². The molecule has 2 aromatic carbocycles. The fraction of sp³-hybridized carbons (Fsp3) is 0.158. The number of carbonyl (C=O) groups is 1. The largest absolute Gasteiger partial charge is 0.497 e. The molecule has 1 N–H and O–H groups in total. The first kappa shape index (κ1) is 18.4. The second-order valence-electron chi connectivity index (χ2n) is 5.55. The van der Waals surface area contributed by atoms with Crippen molar-refractivity contribution >= 4 is 5.91 Å². The van der Waals surface area contributed by atoms with Crippen LogP contribution >= 0.6 is 0 Å². The Balaban J connectivity index is 1.51. The maximum Gasteiger partial charge on any atom is 0.258 e. The first-order valence-electron chi connectivity index (χ1n) is 7.99. The molecule has 8 heteroatoms. The van der Waals surface area contributed by atoms with Crippen LogP contribution in [0.1, 0.15) is 5.69 Å². The zero-order chi connectivity index (χ0) is 19.2. The van der Waals surface area contributed by atoms with E-state index in [1.807, 2.05) is 0 Å². The van der Waals surface area contributed by atoms with E-state index >= 15 is 0 Å². The molecule has 140 valence electrons. The molecule has 0 atom stereocenters. The molecule has 1 heterocycles. The molecule has 0 saturated heterocycles. The standard InChI is InChI=1S/C19H16F2N2O4/c1-25-14-3-5-15(6-4-14)26-11-19(24)22-10-13-9-18(27-23-13)16-7-2-12(20)8-17(16)21/h2-9H,10-11H2,1H3,(H,22,24). The Kier molecular flexibility index (Phi) is 5.65. The van der Waals surface area contributed by atoms with Gasteiger partial charge in [0.25, 0.3) is 5.91 Å². The number of rotatable bonds is 7. The molecular formula is C19H16F2N2O4. The lowest BCUT2D eigenvalue weighted by atomic mass is 10.1. The lowest BCUT2D eigenvalue weighted by molar-refractivity contribution is -0.123. The van der Waals surface area contributed by atoms with Gasteiger partial charge in [-0.1, -0.05) is 5.16 Å². The molecule has 3 aromatic rings. The zero-order valence-corrected chi connectivity index (χ0v) is 14.4. The predicted octanol–water partition coefficient (Wildman–Crippen LogP) is 3.32. The van der Waals surface area contributed by atoms with Crippen molar-refractivity contribution in [3.8, 4) is 22.8 Å². The Morgan fingerprint density at radius 2 is 1.85 bits per heavy atom. The number of amides is 1. The van der Waals surface area contributed by atoms with E-state index in [-0.39, 0.29) is 30.4 Å². The Morgan fingerprint density at radius 3 is 2.56 bits per heavy atom. The van der Waals surface area contributed by atoms with Gasteiger partial charge in [-0.2, -0.15) is 0 Å². The highest BCUT2D eigenvalue weighted by molar-refractivity contribution is 5.77. The average molecular weight is 374 g/mol. The molecule has 0 fully saturated rings. The van der Waals surface area contributed by atoms with Crippen LogP contribution < -0.4 is 14.8 Å². The van der Waals surface area contributed by atoms with Crippen molar-refractivity contribution in [2.24, 2.45) is 0 Å². The molecule has 0 bridgehead atoms. The van der Waals surface area contributed by atoms with Gasteiger partial charge in [0.2, 0.25) is 0 Å². The summed E-state index contributed by atoms with van der Waals surface area (Å²) in [6.45, 7) is -0.0965. The summed E-state index contributed by atoms with van der Waals surface area (Å²) in [6, 6.07) is 11.4. The molecule has 0 radical (unpaired) electrons. The third-order valence-corrected chi connectivity index (χ3v) is 3.65. The van der Waals surface area contributed by atoms with Crippen molar-refractivity contribution in [2.45, 2.75) is 6.54 Å². The number of ether oxygens (including phenoxy) is 2. The minimum atomic E-state index is -0.755. The second kappa shape index (κ2) is 8.31. The topological polar surface area (TPSA) is 73.6 Å². The lowest BCUT2D eigenvalue weighted by Gasteiger charge is -2.07. The van der Waals surface area contributed by atoms with Crippen molar-refractivity contribution < 1.29 is 27.6 Å². The van der Waals surface area contributed by atoms with E-state index in [9.17, 15) is 13.6 Å². The van der Waals surface area contributed by atoms with Crippen LogP contribution in [-0.2, 0) is 11.3 Å². The lowest BCUT2D eigenvalue weighted by Crippen LogP contribution is -2.28. The summed E-state index contributed by atoms with van der Waals surface area (Å²) in [6.07, 6.45) is 0. The molecule has 0 aliphatic rings. The van der Waals surface area contributed by atoms with Crippen LogP contribution in [-0.4, -0.2) is 24.8 Å². The number of benzene rings is 2. The highest BCUT2D eigenvalue weighted by Crippen LogP contribution is 2.24. The molecule has 0 aliphatic carbocycles. The van der Waals surface area contributed by atoms with Gasteiger partial charge in [-0.05, 0) is 36.4 Å². The Hall–Kier alpha value is -3.42. The van der Waals surface area contributed by atoms with Crippen LogP contribution in [0.2, 0.25) is 0 Å². The first-order chi connectivity index (χ1) is 13.0. The molecule has 27 heavy (non-hydrogen) atoms. The van der Waals surface area contributed by atoms with Gasteiger partial charge in [0.15, 0.2) is 12.4 Å². The predicted molar refractivity (Wildman–Crippen MR) is 92.2 cm³/mol. The van der Waals surface area contributed by atoms with E-state index in [1.54, 1.807) is 31.4 Å². The molecule has 3 rings (SSSR count). The van der Waals surface area contributed by atoms with E-state index in [0.29, 0.717) is 17.2 Å². The van der Waals surface area contributed by atoms with Crippen LogP contribution in [0.3, 0.4) is 0 Å². The van der Waals surface area contributed by atoms with E-state index in [2.05, 4.69) is 10.5 Å². The molecule has 0 aliphatic heterocycles. The molecule has 0 saturated carbocycles. The normalized spacial score (nSPS) is 10.5. The van der Waals surface area contributed by atoms with Crippen LogP contribution in [0, 0.1) is 11.6 Å². The molecule has 6 nitrogen and oxygen atoms in total. The second-order valence-corrected chi connectivity index (χ2v) is 5.55. The van der Waals surface area contributed by atoms with E-state index in [0.717, 1.165) is 12.1 Å². The number of nitrogens with zero attached hydrogens (tertiary/aromatic N) is 1. The summed E-state index contributed by atoms with van der Waals surface area (Å²) >= 11 is 0. The Bertz CT molecular complexity index is 926. The summed E-state index contributed by atoms with van der Waals surface area (Å²) in [4.78, 5) is 11.9. The van der Waals surface area contributed by atoms with Crippen LogP contribution in [0.4, 0.5) is 8.78 Å². The van der Waals surface area contributed by atoms with E-state index < -0.39 is 11.6 Å². The van der Waals surface area contributed by atoms with Gasteiger partial charge in [-0.15, -0.1) is 0 Å².